The van der Waals surface area contributed by atoms with E-state index < -0.39 is 6.36 Å². The Bertz CT molecular complexity index is 453. The maximum atomic E-state index is 12.1. The fourth-order valence-corrected chi connectivity index (χ4v) is 2.58. The fourth-order valence-electron chi connectivity index (χ4n) is 2.41. The maximum absolute atomic E-state index is 12.1. The zero-order valence-electron chi connectivity index (χ0n) is 11.6. The van der Waals surface area contributed by atoms with E-state index >= 15 is 0 Å². The summed E-state index contributed by atoms with van der Waals surface area (Å²) in [4.78, 5) is 2.18. The Kier molecular flexibility index (Phi) is 5.35. The van der Waals surface area contributed by atoms with Crippen molar-refractivity contribution in [1.29, 1.82) is 0 Å². The quantitative estimate of drug-likeness (QED) is 0.793. The van der Waals surface area contributed by atoms with Gasteiger partial charge in [-0.3, -0.25) is 4.90 Å². The van der Waals surface area contributed by atoms with Gasteiger partial charge in [0.05, 0.1) is 12.2 Å². The molecule has 118 valence electrons. The standard InChI is InChI=1S/C14H17ClF3NO2/c1-10-7-19(9-13(6-15)20-10)8-11-2-4-12(5-3-11)21-14(16,17)18/h2-5,10,13H,6-9H2,1H3. The van der Waals surface area contributed by atoms with Crippen LogP contribution < -0.4 is 4.74 Å². The van der Waals surface area contributed by atoms with E-state index in [4.69, 9.17) is 16.3 Å². The molecule has 1 aliphatic heterocycles. The lowest BCUT2D eigenvalue weighted by Gasteiger charge is -2.36. The molecule has 0 aliphatic carbocycles. The van der Waals surface area contributed by atoms with Crippen LogP contribution in [0, 0.1) is 0 Å². The van der Waals surface area contributed by atoms with Crippen LogP contribution in [0.2, 0.25) is 0 Å². The first-order valence-corrected chi connectivity index (χ1v) is 7.17. The number of rotatable bonds is 4. The van der Waals surface area contributed by atoms with Crippen LogP contribution in [0.1, 0.15) is 12.5 Å². The summed E-state index contributed by atoms with van der Waals surface area (Å²) in [6.07, 6.45) is -4.58. The van der Waals surface area contributed by atoms with Crippen LogP contribution in [0.25, 0.3) is 0 Å². The highest BCUT2D eigenvalue weighted by Gasteiger charge is 2.31. The topological polar surface area (TPSA) is 21.7 Å². The molecule has 1 fully saturated rings. The molecular weight excluding hydrogens is 307 g/mol. The average molecular weight is 324 g/mol. The number of hydrogen-bond donors (Lipinski definition) is 0. The lowest BCUT2D eigenvalue weighted by molar-refractivity contribution is -0.274. The van der Waals surface area contributed by atoms with Crippen LogP contribution in [0.5, 0.6) is 5.75 Å². The van der Waals surface area contributed by atoms with Gasteiger partial charge >= 0.3 is 6.36 Å². The van der Waals surface area contributed by atoms with Crippen molar-refractivity contribution < 1.29 is 22.6 Å². The molecule has 3 nitrogen and oxygen atoms in total. The van der Waals surface area contributed by atoms with Crippen molar-refractivity contribution in [3.63, 3.8) is 0 Å². The number of ether oxygens (including phenoxy) is 2. The van der Waals surface area contributed by atoms with Crippen molar-refractivity contribution in [3.8, 4) is 5.75 Å². The van der Waals surface area contributed by atoms with Gasteiger partial charge in [0.15, 0.2) is 0 Å². The van der Waals surface area contributed by atoms with Gasteiger partial charge in [0.1, 0.15) is 5.75 Å². The summed E-state index contributed by atoms with van der Waals surface area (Å²) < 4.78 is 45.8. The lowest BCUT2D eigenvalue weighted by Crippen LogP contribution is -2.46. The van der Waals surface area contributed by atoms with E-state index in [-0.39, 0.29) is 18.0 Å². The molecule has 0 radical (unpaired) electrons. The predicted octanol–water partition coefficient (Wildman–Crippen LogP) is 3.41. The molecule has 1 aromatic rings. The summed E-state index contributed by atoms with van der Waals surface area (Å²) in [5, 5.41) is 0. The number of benzene rings is 1. The van der Waals surface area contributed by atoms with Crippen LogP contribution in [0.15, 0.2) is 24.3 Å². The molecule has 0 aromatic heterocycles. The molecule has 0 N–H and O–H groups in total. The first-order chi connectivity index (χ1) is 9.85. The third-order valence-corrected chi connectivity index (χ3v) is 3.48. The Morgan fingerprint density at radius 2 is 1.95 bits per heavy atom. The van der Waals surface area contributed by atoms with E-state index in [0.29, 0.717) is 19.0 Å². The minimum Gasteiger partial charge on any atom is -0.406 e. The predicted molar refractivity (Wildman–Crippen MR) is 73.5 cm³/mol. The number of alkyl halides is 4. The van der Waals surface area contributed by atoms with Crippen molar-refractivity contribution in [1.82, 2.24) is 4.90 Å². The monoisotopic (exact) mass is 323 g/mol. The van der Waals surface area contributed by atoms with Gasteiger partial charge in [-0.15, -0.1) is 24.8 Å². The van der Waals surface area contributed by atoms with Gasteiger partial charge in [0.2, 0.25) is 0 Å². The van der Waals surface area contributed by atoms with Gasteiger partial charge < -0.3 is 9.47 Å². The van der Waals surface area contributed by atoms with Crippen molar-refractivity contribution >= 4 is 11.6 Å². The number of morpholine rings is 1. The summed E-state index contributed by atoms with van der Waals surface area (Å²) in [7, 11) is 0. The van der Waals surface area contributed by atoms with Gasteiger partial charge in [-0.2, -0.15) is 0 Å². The second kappa shape index (κ2) is 6.85. The fraction of sp³-hybridized carbons (Fsp3) is 0.571. The minimum atomic E-state index is -4.66. The van der Waals surface area contributed by atoms with E-state index in [0.717, 1.165) is 12.1 Å². The van der Waals surface area contributed by atoms with Gasteiger partial charge in [0.25, 0.3) is 0 Å². The third-order valence-electron chi connectivity index (χ3n) is 3.14. The van der Waals surface area contributed by atoms with E-state index in [2.05, 4.69) is 9.64 Å². The molecule has 7 heteroatoms. The summed E-state index contributed by atoms with van der Waals surface area (Å²) in [5.74, 6) is 0.222. The number of hydrogen-bond acceptors (Lipinski definition) is 3. The summed E-state index contributed by atoms with van der Waals surface area (Å²) in [6.45, 7) is 4.11. The zero-order valence-corrected chi connectivity index (χ0v) is 12.3. The highest BCUT2D eigenvalue weighted by atomic mass is 35.5. The van der Waals surface area contributed by atoms with Crippen LogP contribution >= 0.6 is 11.6 Å². The maximum Gasteiger partial charge on any atom is 0.573 e. The van der Waals surface area contributed by atoms with Crippen molar-refractivity contribution in [2.75, 3.05) is 19.0 Å². The molecule has 1 aliphatic rings. The smallest absolute Gasteiger partial charge is 0.406 e. The molecule has 2 rings (SSSR count). The Morgan fingerprint density at radius 1 is 1.29 bits per heavy atom. The molecule has 0 saturated carbocycles. The van der Waals surface area contributed by atoms with Crippen LogP contribution in [-0.2, 0) is 11.3 Å². The Balaban J connectivity index is 1.93. The normalized spacial score (nSPS) is 24.0. The molecule has 2 atom stereocenters. The highest BCUT2D eigenvalue weighted by molar-refractivity contribution is 6.18. The molecule has 1 saturated heterocycles. The second-order valence-corrected chi connectivity index (χ2v) is 5.42. The Morgan fingerprint density at radius 3 is 2.52 bits per heavy atom. The summed E-state index contributed by atoms with van der Waals surface area (Å²) >= 11 is 5.82. The number of nitrogens with zero attached hydrogens (tertiary/aromatic N) is 1. The molecule has 0 spiro atoms. The van der Waals surface area contributed by atoms with Crippen molar-refractivity contribution in [2.45, 2.75) is 32.0 Å². The van der Waals surface area contributed by atoms with Crippen LogP contribution in [0.4, 0.5) is 13.2 Å². The Labute approximate surface area is 126 Å². The van der Waals surface area contributed by atoms with E-state index in [1.807, 2.05) is 6.92 Å². The SMILES string of the molecule is CC1CN(Cc2ccc(OC(F)(F)F)cc2)CC(CCl)O1. The zero-order chi connectivity index (χ0) is 15.5. The minimum absolute atomic E-state index is 0.0109. The molecular formula is C14H17ClF3NO2. The van der Waals surface area contributed by atoms with E-state index in [1.54, 1.807) is 12.1 Å². The first kappa shape index (κ1) is 16.4. The van der Waals surface area contributed by atoms with E-state index in [1.165, 1.54) is 12.1 Å². The van der Waals surface area contributed by atoms with Crippen LogP contribution in [-0.4, -0.2) is 42.4 Å². The summed E-state index contributed by atoms with van der Waals surface area (Å²) in [6, 6.07) is 5.92. The van der Waals surface area contributed by atoms with Gasteiger partial charge in [-0.25, -0.2) is 0 Å². The van der Waals surface area contributed by atoms with Crippen molar-refractivity contribution in [2.24, 2.45) is 0 Å². The van der Waals surface area contributed by atoms with Gasteiger partial charge in [-0.1, -0.05) is 12.1 Å². The molecule has 2 unspecified atom stereocenters. The molecule has 0 amide bonds. The van der Waals surface area contributed by atoms with Crippen molar-refractivity contribution in [3.05, 3.63) is 29.8 Å². The van der Waals surface area contributed by atoms with E-state index in [9.17, 15) is 13.2 Å². The van der Waals surface area contributed by atoms with Gasteiger partial charge in [-0.05, 0) is 24.6 Å². The number of halogens is 4. The molecule has 21 heavy (non-hydrogen) atoms. The highest BCUT2D eigenvalue weighted by Crippen LogP contribution is 2.23. The second-order valence-electron chi connectivity index (χ2n) is 5.11. The molecule has 1 heterocycles. The Hall–Kier alpha value is -0.980. The van der Waals surface area contributed by atoms with Crippen LogP contribution in [0.3, 0.4) is 0 Å². The largest absolute Gasteiger partial charge is 0.573 e. The molecule has 0 bridgehead atoms. The summed E-state index contributed by atoms with van der Waals surface area (Å²) in [5.41, 5.74) is 0.923. The molecule has 1 aromatic carbocycles. The lowest BCUT2D eigenvalue weighted by atomic mass is 10.1. The first-order valence-electron chi connectivity index (χ1n) is 6.64. The third kappa shape index (κ3) is 5.37. The average Bonchev–Trinajstić information content (AvgIpc) is 2.38. The van der Waals surface area contributed by atoms with Gasteiger partial charge in [0, 0.05) is 25.5 Å².